The Labute approximate surface area is 186 Å². The van der Waals surface area contributed by atoms with E-state index in [4.69, 9.17) is 4.74 Å². The lowest BCUT2D eigenvalue weighted by molar-refractivity contribution is -0.318. The van der Waals surface area contributed by atoms with Crippen molar-refractivity contribution < 1.29 is 57.4 Å². The lowest BCUT2D eigenvalue weighted by Crippen LogP contribution is -2.51. The van der Waals surface area contributed by atoms with Crippen LogP contribution in [0.1, 0.15) is 26.3 Å². The Balaban J connectivity index is 3.19. The number of rotatable bonds is 6. The van der Waals surface area contributed by atoms with Gasteiger partial charge in [-0.15, -0.1) is 0 Å². The zero-order valence-corrected chi connectivity index (χ0v) is 17.7. The van der Waals surface area contributed by atoms with Gasteiger partial charge in [0, 0.05) is 0 Å². The van der Waals surface area contributed by atoms with Crippen LogP contribution in [0.2, 0.25) is 0 Å². The second kappa shape index (κ2) is 9.21. The van der Waals surface area contributed by atoms with Gasteiger partial charge in [-0.1, -0.05) is 30.9 Å². The van der Waals surface area contributed by atoms with Gasteiger partial charge in [-0.25, -0.2) is 0 Å². The summed E-state index contributed by atoms with van der Waals surface area (Å²) in [6, 6.07) is 2.40. The first-order valence-electron chi connectivity index (χ1n) is 9.13. The normalized spacial score (nSPS) is 15.1. The van der Waals surface area contributed by atoms with Gasteiger partial charge in [-0.05, 0) is 50.1 Å². The predicted octanol–water partition coefficient (Wildman–Crippen LogP) is 8.59. The first-order chi connectivity index (χ1) is 15.0. The smallest absolute Gasteiger partial charge is 0.406 e. The summed E-state index contributed by atoms with van der Waals surface area (Å²) in [6.45, 7) is 4.08. The van der Waals surface area contributed by atoms with Crippen LogP contribution in [0.5, 0.6) is 5.75 Å². The fourth-order valence-corrected chi connectivity index (χ4v) is 2.75. The highest BCUT2D eigenvalue weighted by Gasteiger charge is 2.69. The molecule has 0 aliphatic carbocycles. The van der Waals surface area contributed by atoms with E-state index in [-0.39, 0.29) is 19.6 Å². The highest BCUT2D eigenvalue weighted by molar-refractivity contribution is 5.37. The molecule has 0 saturated heterocycles. The summed E-state index contributed by atoms with van der Waals surface area (Å²) in [5.41, 5.74) is -10.8. The van der Waals surface area contributed by atoms with Gasteiger partial charge in [0.25, 0.3) is 0 Å². The third-order valence-corrected chi connectivity index (χ3v) is 5.29. The van der Waals surface area contributed by atoms with Crippen molar-refractivity contribution >= 4 is 0 Å². The van der Waals surface area contributed by atoms with E-state index >= 15 is 0 Å². The molecule has 0 saturated carbocycles. The van der Waals surface area contributed by atoms with Crippen LogP contribution in [-0.4, -0.2) is 24.7 Å². The van der Waals surface area contributed by atoms with E-state index in [0.717, 1.165) is 19.1 Å². The zero-order valence-electron chi connectivity index (χ0n) is 17.7. The molecule has 0 spiro atoms. The molecular weight excluding hydrogens is 496 g/mol. The maximum absolute atomic E-state index is 13.2. The van der Waals surface area contributed by atoms with Crippen LogP contribution < -0.4 is 4.74 Å². The van der Waals surface area contributed by atoms with E-state index in [1.165, 1.54) is 0 Å². The minimum atomic E-state index is -5.71. The van der Waals surface area contributed by atoms with Crippen LogP contribution in [0.15, 0.2) is 60.4 Å². The first kappa shape index (κ1) is 29.4. The van der Waals surface area contributed by atoms with Crippen molar-refractivity contribution in [3.63, 3.8) is 0 Å². The van der Waals surface area contributed by atoms with Crippen LogP contribution >= 0.6 is 0 Å². The molecule has 0 bridgehead atoms. The molecule has 34 heavy (non-hydrogen) atoms. The van der Waals surface area contributed by atoms with E-state index in [1.807, 2.05) is 0 Å². The van der Waals surface area contributed by atoms with E-state index in [1.54, 1.807) is 0 Å². The van der Waals surface area contributed by atoms with E-state index < -0.39 is 52.4 Å². The average Bonchev–Trinajstić information content (AvgIpc) is 2.64. The topological polar surface area (TPSA) is 9.23 Å². The number of halogens is 12. The summed E-state index contributed by atoms with van der Waals surface area (Å²) < 4.78 is 163. The molecule has 0 aliphatic rings. The van der Waals surface area contributed by atoms with Crippen molar-refractivity contribution in [3.8, 4) is 5.75 Å². The molecule has 0 aromatic heterocycles. The number of alkyl halides is 12. The maximum atomic E-state index is 13.2. The Bertz CT molecular complexity index is 897. The summed E-state index contributed by atoms with van der Waals surface area (Å²) in [5.74, 6) is -0.894. The van der Waals surface area contributed by atoms with E-state index in [9.17, 15) is 52.7 Å². The molecule has 1 aromatic carbocycles. The van der Waals surface area contributed by atoms with Gasteiger partial charge >= 0.3 is 24.7 Å². The molecule has 0 aliphatic heterocycles. The number of benzene rings is 1. The third-order valence-electron chi connectivity index (χ3n) is 5.29. The molecule has 1 rings (SSSR count). The van der Waals surface area contributed by atoms with Crippen LogP contribution in [0, 0.1) is 5.41 Å². The Morgan fingerprint density at radius 1 is 0.706 bits per heavy atom. The Kier molecular flexibility index (Phi) is 7.98. The molecule has 0 fully saturated rings. The highest BCUT2D eigenvalue weighted by Crippen LogP contribution is 2.55. The van der Waals surface area contributed by atoms with Crippen LogP contribution in [0.25, 0.3) is 0 Å². The average molecular weight is 514 g/mol. The highest BCUT2D eigenvalue weighted by atomic mass is 19.4. The number of hydrogen-bond acceptors (Lipinski definition) is 1. The Morgan fingerprint density at radius 2 is 1.12 bits per heavy atom. The van der Waals surface area contributed by atoms with E-state index in [2.05, 4.69) is 6.58 Å². The zero-order chi connectivity index (χ0) is 27.0. The molecular formula is C21H18F12O. The van der Waals surface area contributed by atoms with Crippen LogP contribution in [-0.2, 0) is 5.41 Å². The molecule has 192 valence electrons. The Hall–Kier alpha value is -2.60. The van der Waals surface area contributed by atoms with Crippen LogP contribution in [0.3, 0.4) is 0 Å². The van der Waals surface area contributed by atoms with Gasteiger partial charge in [-0.3, -0.25) is 0 Å². The number of hydrogen-bond donors (Lipinski definition) is 0. The first-order valence-corrected chi connectivity index (χ1v) is 9.13. The summed E-state index contributed by atoms with van der Waals surface area (Å²) in [6.07, 6.45) is -21.1. The second-order valence-electron chi connectivity index (χ2n) is 7.41. The number of allylic oxidation sites excluding steroid dienone is 4. The summed E-state index contributed by atoms with van der Waals surface area (Å²) >= 11 is 0. The monoisotopic (exact) mass is 514 g/mol. The molecule has 13 heteroatoms. The third kappa shape index (κ3) is 5.38. The van der Waals surface area contributed by atoms with Gasteiger partial charge < -0.3 is 4.74 Å². The van der Waals surface area contributed by atoms with Crippen molar-refractivity contribution in [1.82, 2.24) is 0 Å². The molecule has 0 unspecified atom stereocenters. The van der Waals surface area contributed by atoms with Crippen molar-refractivity contribution in [2.45, 2.75) is 50.9 Å². The van der Waals surface area contributed by atoms with Gasteiger partial charge in [-0.2, -0.15) is 52.7 Å². The van der Waals surface area contributed by atoms with E-state index in [0.29, 0.717) is 30.4 Å². The predicted molar refractivity (Wildman–Crippen MR) is 98.8 cm³/mol. The van der Waals surface area contributed by atoms with Crippen molar-refractivity contribution in [2.75, 3.05) is 0 Å². The standard InChI is InChI=1S/C21H18F12O/c1-5-13(16(3,18(22,23)24)19(25,26)27)7-6-12(2)34-15-10-8-14(9-11-15)17(4,20(28,29)30)21(31,32)33/h5-11H,2H2,1,3-4H3/b7-6-,13-5+. The van der Waals surface area contributed by atoms with Gasteiger partial charge in [0.1, 0.15) is 11.5 Å². The van der Waals surface area contributed by atoms with Gasteiger partial charge in [0.2, 0.25) is 0 Å². The minimum Gasteiger partial charge on any atom is -0.458 e. The Morgan fingerprint density at radius 3 is 1.44 bits per heavy atom. The molecule has 0 radical (unpaired) electrons. The summed E-state index contributed by atoms with van der Waals surface area (Å²) in [5, 5.41) is 0. The van der Waals surface area contributed by atoms with Crippen LogP contribution in [0.4, 0.5) is 52.7 Å². The molecule has 0 N–H and O–H groups in total. The quantitative estimate of drug-likeness (QED) is 0.210. The minimum absolute atomic E-state index is 0.0541. The molecule has 0 amide bonds. The summed E-state index contributed by atoms with van der Waals surface area (Å²) in [4.78, 5) is 0. The summed E-state index contributed by atoms with van der Waals surface area (Å²) in [7, 11) is 0. The largest absolute Gasteiger partial charge is 0.458 e. The molecule has 0 heterocycles. The lowest BCUT2D eigenvalue weighted by atomic mass is 9.80. The fraction of sp³-hybridized carbons (Fsp3) is 0.429. The maximum Gasteiger partial charge on any atom is 0.406 e. The number of ether oxygens (including phenoxy) is 1. The van der Waals surface area contributed by atoms with Gasteiger partial charge in [0.15, 0.2) is 10.8 Å². The van der Waals surface area contributed by atoms with Crippen molar-refractivity contribution in [3.05, 3.63) is 66.0 Å². The fourth-order valence-electron chi connectivity index (χ4n) is 2.75. The molecule has 0 atom stereocenters. The lowest BCUT2D eigenvalue weighted by Gasteiger charge is -2.35. The second-order valence-corrected chi connectivity index (χ2v) is 7.41. The SMILES string of the molecule is C=C(/C=C\C(=C/C)C(C)(C(F)(F)F)C(F)(F)F)Oc1ccc(C(C)(C(F)(F)F)C(F)(F)F)cc1. The molecule has 1 nitrogen and oxygen atoms in total. The molecule has 1 aromatic rings. The van der Waals surface area contributed by atoms with Crippen molar-refractivity contribution in [2.24, 2.45) is 5.41 Å². The van der Waals surface area contributed by atoms with Gasteiger partial charge in [0.05, 0.1) is 0 Å². The van der Waals surface area contributed by atoms with Crippen molar-refractivity contribution in [1.29, 1.82) is 0 Å².